The fraction of sp³-hybridized carbons (Fsp3) is 0.588. The van der Waals surface area contributed by atoms with Gasteiger partial charge in [-0.05, 0) is 24.6 Å². The van der Waals surface area contributed by atoms with Gasteiger partial charge in [0.1, 0.15) is 5.82 Å². The van der Waals surface area contributed by atoms with E-state index < -0.39 is 0 Å². The first-order valence-electron chi connectivity index (χ1n) is 7.97. The maximum atomic E-state index is 6.06. The molecular weight excluding hydrogens is 303 g/mol. The summed E-state index contributed by atoms with van der Waals surface area (Å²) >= 11 is 12.0. The minimum Gasteiger partial charge on any atom is -0.328 e. The molecule has 2 nitrogen and oxygen atoms in total. The van der Waals surface area contributed by atoms with Crippen LogP contribution in [0.3, 0.4) is 0 Å². The second kappa shape index (κ2) is 8.65. The van der Waals surface area contributed by atoms with E-state index in [0.29, 0.717) is 5.88 Å². The highest BCUT2D eigenvalue weighted by atomic mass is 35.5. The average Bonchev–Trinajstić information content (AvgIpc) is 2.80. The first-order valence-corrected chi connectivity index (χ1v) is 8.88. The standard InChI is InChI=1S/C17H24Cl2N2/c1-2-3-4-5-6-7-12-21-16-9-8-14(19)13-15(16)20-17(21)10-11-18/h8-9,13H,2-7,10-12H2,1H3. The van der Waals surface area contributed by atoms with Gasteiger partial charge >= 0.3 is 0 Å². The number of alkyl halides is 1. The van der Waals surface area contributed by atoms with Crippen LogP contribution in [0.15, 0.2) is 18.2 Å². The molecule has 0 aliphatic rings. The number of aromatic nitrogens is 2. The van der Waals surface area contributed by atoms with Crippen molar-refractivity contribution in [1.82, 2.24) is 9.55 Å². The number of aryl methyl sites for hydroxylation is 2. The summed E-state index contributed by atoms with van der Waals surface area (Å²) in [7, 11) is 0. The normalized spacial score (nSPS) is 11.4. The van der Waals surface area contributed by atoms with Crippen molar-refractivity contribution in [1.29, 1.82) is 0 Å². The van der Waals surface area contributed by atoms with Gasteiger partial charge < -0.3 is 4.57 Å². The lowest BCUT2D eigenvalue weighted by molar-refractivity contribution is 0.554. The van der Waals surface area contributed by atoms with E-state index in [-0.39, 0.29) is 0 Å². The van der Waals surface area contributed by atoms with E-state index in [1.807, 2.05) is 12.1 Å². The Morgan fingerprint density at radius 3 is 2.62 bits per heavy atom. The van der Waals surface area contributed by atoms with E-state index in [0.717, 1.165) is 29.3 Å². The Kier molecular flexibility index (Phi) is 6.85. The number of rotatable bonds is 9. The number of fused-ring (bicyclic) bond motifs is 1. The summed E-state index contributed by atoms with van der Waals surface area (Å²) in [5.41, 5.74) is 2.15. The molecule has 0 spiro atoms. The highest BCUT2D eigenvalue weighted by Crippen LogP contribution is 2.22. The molecule has 2 rings (SSSR count). The second-order valence-corrected chi connectivity index (χ2v) is 6.33. The lowest BCUT2D eigenvalue weighted by atomic mass is 10.1. The third kappa shape index (κ3) is 4.62. The summed E-state index contributed by atoms with van der Waals surface area (Å²) in [5, 5.41) is 0.740. The van der Waals surface area contributed by atoms with Crippen molar-refractivity contribution in [3.63, 3.8) is 0 Å². The molecule has 0 atom stereocenters. The van der Waals surface area contributed by atoms with Gasteiger partial charge in [0, 0.05) is 23.9 Å². The number of unbranched alkanes of at least 4 members (excludes halogenated alkanes) is 5. The molecule has 0 amide bonds. The second-order valence-electron chi connectivity index (χ2n) is 5.52. The Morgan fingerprint density at radius 1 is 1.10 bits per heavy atom. The molecule has 0 saturated heterocycles. The van der Waals surface area contributed by atoms with Crippen molar-refractivity contribution in [2.75, 3.05) is 5.88 Å². The Morgan fingerprint density at radius 2 is 1.86 bits per heavy atom. The Hall–Kier alpha value is -0.730. The van der Waals surface area contributed by atoms with E-state index in [4.69, 9.17) is 23.2 Å². The number of halogens is 2. The van der Waals surface area contributed by atoms with Gasteiger partial charge in [-0.25, -0.2) is 4.98 Å². The van der Waals surface area contributed by atoms with Gasteiger partial charge in [-0.15, -0.1) is 11.6 Å². The molecule has 0 saturated carbocycles. The molecule has 116 valence electrons. The number of benzene rings is 1. The SMILES string of the molecule is CCCCCCCCn1c(CCCl)nc2cc(Cl)ccc21. The van der Waals surface area contributed by atoms with E-state index >= 15 is 0 Å². The maximum absolute atomic E-state index is 6.06. The first-order chi connectivity index (χ1) is 10.3. The molecule has 4 heteroatoms. The monoisotopic (exact) mass is 326 g/mol. The predicted octanol–water partition coefficient (Wildman–Crippen LogP) is 5.83. The third-order valence-electron chi connectivity index (χ3n) is 3.84. The zero-order valence-electron chi connectivity index (χ0n) is 12.7. The van der Waals surface area contributed by atoms with Crippen LogP contribution in [0.5, 0.6) is 0 Å². The number of nitrogens with zero attached hydrogens (tertiary/aromatic N) is 2. The number of hydrogen-bond donors (Lipinski definition) is 0. The van der Waals surface area contributed by atoms with E-state index in [1.54, 1.807) is 0 Å². The van der Waals surface area contributed by atoms with Gasteiger partial charge in [-0.1, -0.05) is 50.6 Å². The largest absolute Gasteiger partial charge is 0.328 e. The first kappa shape index (κ1) is 16.6. The van der Waals surface area contributed by atoms with Crippen LogP contribution in [0.1, 0.15) is 51.3 Å². The summed E-state index contributed by atoms with van der Waals surface area (Å²) in [6, 6.07) is 5.94. The van der Waals surface area contributed by atoms with Crippen molar-refractivity contribution in [2.24, 2.45) is 0 Å². The van der Waals surface area contributed by atoms with Crippen LogP contribution in [-0.2, 0) is 13.0 Å². The predicted molar refractivity (Wildman–Crippen MR) is 92.5 cm³/mol. The van der Waals surface area contributed by atoms with Crippen molar-refractivity contribution < 1.29 is 0 Å². The summed E-state index contributed by atoms with van der Waals surface area (Å²) in [4.78, 5) is 4.69. The molecule has 0 aliphatic carbocycles. The lowest BCUT2D eigenvalue weighted by Crippen LogP contribution is -2.05. The average molecular weight is 327 g/mol. The van der Waals surface area contributed by atoms with Crippen LogP contribution in [0.2, 0.25) is 5.02 Å². The number of hydrogen-bond acceptors (Lipinski definition) is 1. The quantitative estimate of drug-likeness (QED) is 0.418. The minimum absolute atomic E-state index is 0.605. The zero-order valence-corrected chi connectivity index (χ0v) is 14.3. The molecule has 21 heavy (non-hydrogen) atoms. The van der Waals surface area contributed by atoms with Crippen molar-refractivity contribution >= 4 is 34.2 Å². The molecule has 0 aliphatic heterocycles. The van der Waals surface area contributed by atoms with Gasteiger partial charge in [-0.3, -0.25) is 0 Å². The van der Waals surface area contributed by atoms with Gasteiger partial charge in [0.2, 0.25) is 0 Å². The molecule has 0 N–H and O–H groups in total. The van der Waals surface area contributed by atoms with Gasteiger partial charge in [-0.2, -0.15) is 0 Å². The highest BCUT2D eigenvalue weighted by molar-refractivity contribution is 6.31. The van der Waals surface area contributed by atoms with Gasteiger partial charge in [0.05, 0.1) is 11.0 Å². The zero-order chi connectivity index (χ0) is 15.1. The van der Waals surface area contributed by atoms with E-state index in [9.17, 15) is 0 Å². The van der Waals surface area contributed by atoms with Crippen LogP contribution in [0.4, 0.5) is 0 Å². The number of imidazole rings is 1. The van der Waals surface area contributed by atoms with Crippen LogP contribution in [0.25, 0.3) is 11.0 Å². The molecule has 2 aromatic rings. The Balaban J connectivity index is 2.04. The molecule has 0 bridgehead atoms. The maximum Gasteiger partial charge on any atom is 0.111 e. The van der Waals surface area contributed by atoms with Crippen molar-refractivity contribution in [3.05, 3.63) is 29.0 Å². The molecule has 1 heterocycles. The summed E-state index contributed by atoms with van der Waals surface area (Å²) in [6.07, 6.45) is 8.63. The molecule has 1 aromatic carbocycles. The topological polar surface area (TPSA) is 17.8 Å². The molecule has 0 radical (unpaired) electrons. The van der Waals surface area contributed by atoms with Crippen molar-refractivity contribution in [2.45, 2.75) is 58.4 Å². The molecular formula is C17H24Cl2N2. The third-order valence-corrected chi connectivity index (χ3v) is 4.27. The fourth-order valence-corrected chi connectivity index (χ4v) is 3.06. The van der Waals surface area contributed by atoms with Gasteiger partial charge in [0.15, 0.2) is 0 Å². The summed E-state index contributed by atoms with van der Waals surface area (Å²) in [6.45, 7) is 3.28. The Labute approximate surface area is 137 Å². The minimum atomic E-state index is 0.605. The van der Waals surface area contributed by atoms with Crippen LogP contribution >= 0.6 is 23.2 Å². The van der Waals surface area contributed by atoms with Crippen LogP contribution in [0, 0.1) is 0 Å². The molecule has 0 fully saturated rings. The summed E-state index contributed by atoms with van der Waals surface area (Å²) < 4.78 is 2.31. The summed E-state index contributed by atoms with van der Waals surface area (Å²) in [5.74, 6) is 1.68. The van der Waals surface area contributed by atoms with Crippen LogP contribution in [-0.4, -0.2) is 15.4 Å². The smallest absolute Gasteiger partial charge is 0.111 e. The van der Waals surface area contributed by atoms with Crippen LogP contribution < -0.4 is 0 Å². The Bertz CT molecular complexity index is 563. The molecule has 0 unspecified atom stereocenters. The van der Waals surface area contributed by atoms with E-state index in [1.165, 1.54) is 44.0 Å². The van der Waals surface area contributed by atoms with Gasteiger partial charge in [0.25, 0.3) is 0 Å². The van der Waals surface area contributed by atoms with Crippen molar-refractivity contribution in [3.8, 4) is 0 Å². The van der Waals surface area contributed by atoms with E-state index in [2.05, 4.69) is 22.5 Å². The fourth-order valence-electron chi connectivity index (χ4n) is 2.73. The lowest BCUT2D eigenvalue weighted by Gasteiger charge is -2.08. The highest BCUT2D eigenvalue weighted by Gasteiger charge is 2.10. The molecule has 1 aromatic heterocycles.